The SMILES string of the molecule is Cn1c(-c2ccc(O)cc2O)csc1=NCc1cccnc1. The molecule has 0 bridgehead atoms. The minimum atomic E-state index is 0.0422. The second-order valence-corrected chi connectivity index (χ2v) is 5.68. The van der Waals surface area contributed by atoms with Crippen LogP contribution in [0.25, 0.3) is 11.3 Å². The molecule has 3 aromatic rings. The molecule has 112 valence electrons. The van der Waals surface area contributed by atoms with E-state index in [0.29, 0.717) is 12.1 Å². The van der Waals surface area contributed by atoms with Gasteiger partial charge in [-0.15, -0.1) is 11.3 Å². The van der Waals surface area contributed by atoms with E-state index in [4.69, 9.17) is 0 Å². The average Bonchev–Trinajstić information content (AvgIpc) is 2.87. The summed E-state index contributed by atoms with van der Waals surface area (Å²) in [5, 5.41) is 21.3. The second-order valence-electron chi connectivity index (χ2n) is 4.84. The lowest BCUT2D eigenvalue weighted by molar-refractivity contribution is 0.451. The quantitative estimate of drug-likeness (QED) is 0.781. The molecule has 0 fully saturated rings. The van der Waals surface area contributed by atoms with Crippen molar-refractivity contribution in [2.75, 3.05) is 0 Å². The summed E-state index contributed by atoms with van der Waals surface area (Å²) in [7, 11) is 1.90. The van der Waals surface area contributed by atoms with Crippen molar-refractivity contribution in [3.63, 3.8) is 0 Å². The van der Waals surface area contributed by atoms with Crippen LogP contribution in [0.5, 0.6) is 11.5 Å². The zero-order chi connectivity index (χ0) is 15.5. The Bertz CT molecular complexity index is 853. The van der Waals surface area contributed by atoms with Crippen LogP contribution in [0.4, 0.5) is 0 Å². The van der Waals surface area contributed by atoms with Gasteiger partial charge in [0.25, 0.3) is 0 Å². The Morgan fingerprint density at radius 2 is 2.14 bits per heavy atom. The number of thiazole rings is 1. The van der Waals surface area contributed by atoms with Gasteiger partial charge in [-0.2, -0.15) is 0 Å². The van der Waals surface area contributed by atoms with Crippen LogP contribution < -0.4 is 4.80 Å². The maximum Gasteiger partial charge on any atom is 0.185 e. The first-order valence-electron chi connectivity index (χ1n) is 6.71. The van der Waals surface area contributed by atoms with Crippen LogP contribution in [0.1, 0.15) is 5.56 Å². The molecular weight excluding hydrogens is 298 g/mol. The lowest BCUT2D eigenvalue weighted by atomic mass is 10.1. The van der Waals surface area contributed by atoms with Gasteiger partial charge in [0.05, 0.1) is 12.2 Å². The summed E-state index contributed by atoms with van der Waals surface area (Å²) >= 11 is 1.51. The summed E-state index contributed by atoms with van der Waals surface area (Å²) in [4.78, 5) is 9.50. The van der Waals surface area contributed by atoms with Crippen molar-refractivity contribution in [1.29, 1.82) is 0 Å². The summed E-state index contributed by atoms with van der Waals surface area (Å²) < 4.78 is 1.92. The minimum Gasteiger partial charge on any atom is -0.508 e. The largest absolute Gasteiger partial charge is 0.508 e. The Kier molecular flexibility index (Phi) is 3.93. The van der Waals surface area contributed by atoms with Crippen molar-refractivity contribution in [3.05, 3.63) is 58.5 Å². The normalized spacial score (nSPS) is 11.8. The molecule has 22 heavy (non-hydrogen) atoms. The summed E-state index contributed by atoms with van der Waals surface area (Å²) in [6.45, 7) is 0.559. The second kappa shape index (κ2) is 6.03. The Hall–Kier alpha value is -2.60. The van der Waals surface area contributed by atoms with Crippen molar-refractivity contribution in [2.24, 2.45) is 12.0 Å². The smallest absolute Gasteiger partial charge is 0.185 e. The van der Waals surface area contributed by atoms with Crippen LogP contribution in [0, 0.1) is 0 Å². The van der Waals surface area contributed by atoms with E-state index in [-0.39, 0.29) is 11.5 Å². The molecule has 0 aliphatic carbocycles. The van der Waals surface area contributed by atoms with Gasteiger partial charge >= 0.3 is 0 Å². The fraction of sp³-hybridized carbons (Fsp3) is 0.125. The third-order valence-corrected chi connectivity index (χ3v) is 4.26. The van der Waals surface area contributed by atoms with Gasteiger partial charge in [0.2, 0.25) is 0 Å². The van der Waals surface area contributed by atoms with E-state index in [1.54, 1.807) is 24.5 Å². The van der Waals surface area contributed by atoms with E-state index in [0.717, 1.165) is 16.1 Å². The van der Waals surface area contributed by atoms with Crippen LogP contribution in [0.2, 0.25) is 0 Å². The van der Waals surface area contributed by atoms with Crippen molar-refractivity contribution >= 4 is 11.3 Å². The van der Waals surface area contributed by atoms with Crippen LogP contribution in [-0.4, -0.2) is 19.8 Å². The Balaban J connectivity index is 1.95. The first-order chi connectivity index (χ1) is 10.6. The zero-order valence-electron chi connectivity index (χ0n) is 12.0. The van der Waals surface area contributed by atoms with Gasteiger partial charge in [-0.05, 0) is 23.8 Å². The van der Waals surface area contributed by atoms with Crippen molar-refractivity contribution < 1.29 is 10.2 Å². The van der Waals surface area contributed by atoms with Gasteiger partial charge < -0.3 is 14.8 Å². The van der Waals surface area contributed by atoms with Gasteiger partial charge in [-0.25, -0.2) is 0 Å². The predicted molar refractivity (Wildman–Crippen MR) is 85.6 cm³/mol. The molecule has 2 N–H and O–H groups in total. The number of aromatic hydroxyl groups is 2. The number of nitrogens with zero attached hydrogens (tertiary/aromatic N) is 3. The standard InChI is InChI=1S/C16H15N3O2S/c1-19-14(13-5-4-12(20)7-15(13)21)10-22-16(19)18-9-11-3-2-6-17-8-11/h2-8,10,20-21H,9H2,1H3. The number of aromatic nitrogens is 2. The van der Waals surface area contributed by atoms with E-state index >= 15 is 0 Å². The molecule has 0 aliphatic rings. The highest BCUT2D eigenvalue weighted by atomic mass is 32.1. The summed E-state index contributed by atoms with van der Waals surface area (Å²) in [5.74, 6) is 0.0906. The molecule has 1 aromatic carbocycles. The van der Waals surface area contributed by atoms with Crippen molar-refractivity contribution in [1.82, 2.24) is 9.55 Å². The van der Waals surface area contributed by atoms with E-state index in [9.17, 15) is 10.2 Å². The van der Waals surface area contributed by atoms with Gasteiger partial charge in [0.15, 0.2) is 4.80 Å². The molecular formula is C16H15N3O2S. The summed E-state index contributed by atoms with van der Waals surface area (Å²) in [5.41, 5.74) is 2.57. The first kappa shape index (κ1) is 14.3. The number of rotatable bonds is 3. The van der Waals surface area contributed by atoms with Gasteiger partial charge in [-0.1, -0.05) is 6.07 Å². The molecule has 0 radical (unpaired) electrons. The molecule has 0 aliphatic heterocycles. The highest BCUT2D eigenvalue weighted by Gasteiger charge is 2.09. The van der Waals surface area contributed by atoms with Crippen LogP contribution in [-0.2, 0) is 13.6 Å². The van der Waals surface area contributed by atoms with Gasteiger partial charge in [-0.3, -0.25) is 9.98 Å². The zero-order valence-corrected chi connectivity index (χ0v) is 12.8. The number of phenols is 2. The molecule has 0 spiro atoms. The molecule has 0 saturated heterocycles. The Morgan fingerprint density at radius 3 is 2.86 bits per heavy atom. The third kappa shape index (κ3) is 2.87. The molecule has 2 heterocycles. The van der Waals surface area contributed by atoms with Crippen LogP contribution in [0.3, 0.4) is 0 Å². The molecule has 5 nitrogen and oxygen atoms in total. The number of hydrogen-bond acceptors (Lipinski definition) is 5. The van der Waals surface area contributed by atoms with E-state index in [2.05, 4.69) is 9.98 Å². The summed E-state index contributed by atoms with van der Waals surface area (Å²) in [6, 6.07) is 8.45. The number of hydrogen-bond donors (Lipinski definition) is 2. The fourth-order valence-corrected chi connectivity index (χ4v) is 3.04. The van der Waals surface area contributed by atoms with E-state index in [1.165, 1.54) is 17.4 Å². The molecule has 0 unspecified atom stereocenters. The summed E-state index contributed by atoms with van der Waals surface area (Å²) in [6.07, 6.45) is 3.53. The lowest BCUT2D eigenvalue weighted by Gasteiger charge is -2.06. The highest BCUT2D eigenvalue weighted by molar-refractivity contribution is 7.07. The van der Waals surface area contributed by atoms with Crippen molar-refractivity contribution in [3.8, 4) is 22.8 Å². The fourth-order valence-electron chi connectivity index (χ4n) is 2.14. The molecule has 0 amide bonds. The monoisotopic (exact) mass is 313 g/mol. The molecule has 6 heteroatoms. The van der Waals surface area contributed by atoms with Gasteiger partial charge in [0.1, 0.15) is 11.5 Å². The average molecular weight is 313 g/mol. The van der Waals surface area contributed by atoms with E-state index < -0.39 is 0 Å². The number of pyridine rings is 1. The van der Waals surface area contributed by atoms with Crippen molar-refractivity contribution in [2.45, 2.75) is 6.54 Å². The van der Waals surface area contributed by atoms with Crippen LogP contribution >= 0.6 is 11.3 Å². The topological polar surface area (TPSA) is 70.6 Å². The predicted octanol–water partition coefficient (Wildman–Crippen LogP) is 2.66. The number of phenolic OH excluding ortho intramolecular Hbond substituents is 2. The minimum absolute atomic E-state index is 0.0422. The first-order valence-corrected chi connectivity index (χ1v) is 7.59. The van der Waals surface area contributed by atoms with E-state index in [1.807, 2.05) is 29.1 Å². The Morgan fingerprint density at radius 1 is 1.27 bits per heavy atom. The number of benzene rings is 1. The maximum absolute atomic E-state index is 9.98. The molecule has 0 saturated carbocycles. The Labute approximate surface area is 131 Å². The molecule has 0 atom stereocenters. The lowest BCUT2D eigenvalue weighted by Crippen LogP contribution is -2.11. The third-order valence-electron chi connectivity index (χ3n) is 3.30. The highest BCUT2D eigenvalue weighted by Crippen LogP contribution is 2.31. The molecule has 3 rings (SSSR count). The maximum atomic E-state index is 9.98. The molecule has 2 aromatic heterocycles. The van der Waals surface area contributed by atoms with Crippen LogP contribution in [0.15, 0.2) is 53.1 Å². The van der Waals surface area contributed by atoms with Gasteiger partial charge in [0, 0.05) is 36.5 Å².